The highest BCUT2D eigenvalue weighted by atomic mass is 19.1. The Morgan fingerprint density at radius 2 is 1.74 bits per heavy atom. The van der Waals surface area contributed by atoms with Crippen molar-refractivity contribution in [3.8, 4) is 5.75 Å². The molecule has 2 fully saturated rings. The number of carbonyl (C=O) groups is 3. The summed E-state index contributed by atoms with van der Waals surface area (Å²) >= 11 is 0. The number of nitrogens with one attached hydrogen (secondary N) is 1. The zero-order chi connectivity index (χ0) is 24.5. The van der Waals surface area contributed by atoms with Gasteiger partial charge >= 0.3 is 5.97 Å². The highest BCUT2D eigenvalue weighted by Crippen LogP contribution is 2.52. The predicted octanol–water partition coefficient (Wildman–Crippen LogP) is 3.78. The minimum atomic E-state index is -1.44. The molecule has 7 nitrogen and oxygen atoms in total. The van der Waals surface area contributed by atoms with E-state index >= 15 is 0 Å². The van der Waals surface area contributed by atoms with E-state index in [-0.39, 0.29) is 18.6 Å². The zero-order valence-corrected chi connectivity index (χ0v) is 19.5. The number of amides is 2. The first kappa shape index (κ1) is 23.9. The number of ether oxygens (including phenoxy) is 2. The molecule has 8 heteroatoms. The summed E-state index contributed by atoms with van der Waals surface area (Å²) in [6, 6.07) is 11.9. The number of carbonyl (C=O) groups excluding carboxylic acids is 3. The van der Waals surface area contributed by atoms with Gasteiger partial charge in [-0.25, -0.2) is 9.29 Å². The van der Waals surface area contributed by atoms with Crippen molar-refractivity contribution < 1.29 is 28.2 Å². The summed E-state index contributed by atoms with van der Waals surface area (Å²) in [5, 5.41) is 3.20. The molecule has 2 aliphatic rings. The van der Waals surface area contributed by atoms with Crippen LogP contribution in [-0.4, -0.2) is 36.5 Å². The molecule has 0 saturated carbocycles. The number of nitrogens with zero attached hydrogens (tertiary/aromatic N) is 1. The largest absolute Gasteiger partial charge is 0.494 e. The van der Waals surface area contributed by atoms with Crippen LogP contribution in [0.15, 0.2) is 48.5 Å². The molecule has 0 unspecified atom stereocenters. The van der Waals surface area contributed by atoms with Crippen LogP contribution in [0.5, 0.6) is 5.75 Å². The first-order valence-corrected chi connectivity index (χ1v) is 11.7. The predicted molar refractivity (Wildman–Crippen MR) is 124 cm³/mol. The van der Waals surface area contributed by atoms with E-state index in [2.05, 4.69) is 5.32 Å². The standard InChI is InChI=1S/C26H29FN2O5/c1-4-15-26(25(32)34-6-3)21-20(22(28-26)18-9-7-8-10-19(18)27)23(30)29(24(21)31)16-11-13-17(14-12-16)33-5-2/h7-14,20-22,28H,4-6,15H2,1-3H3/t20-,21+,22-,26+/m1/s1. The van der Waals surface area contributed by atoms with Crippen LogP contribution in [0.1, 0.15) is 45.2 Å². The van der Waals surface area contributed by atoms with E-state index in [4.69, 9.17) is 9.47 Å². The maximum absolute atomic E-state index is 14.9. The van der Waals surface area contributed by atoms with Crippen molar-refractivity contribution in [2.45, 2.75) is 45.2 Å². The molecule has 0 bridgehead atoms. The summed E-state index contributed by atoms with van der Waals surface area (Å²) in [7, 11) is 0. The molecule has 2 saturated heterocycles. The molecule has 1 N–H and O–H groups in total. The van der Waals surface area contributed by atoms with Gasteiger partial charge in [-0.15, -0.1) is 0 Å². The molecule has 2 aliphatic heterocycles. The monoisotopic (exact) mass is 468 g/mol. The number of rotatable bonds is 8. The number of anilines is 1. The second kappa shape index (κ2) is 9.54. The van der Waals surface area contributed by atoms with Gasteiger partial charge in [-0.2, -0.15) is 0 Å². The van der Waals surface area contributed by atoms with Gasteiger partial charge in [-0.1, -0.05) is 31.5 Å². The van der Waals surface area contributed by atoms with Crippen molar-refractivity contribution in [1.29, 1.82) is 0 Å². The Hall–Kier alpha value is -3.26. The average Bonchev–Trinajstić information content (AvgIpc) is 3.30. The molecular formula is C26H29FN2O5. The number of imide groups is 1. The van der Waals surface area contributed by atoms with Gasteiger partial charge in [-0.05, 0) is 50.6 Å². The van der Waals surface area contributed by atoms with Crippen molar-refractivity contribution in [2.75, 3.05) is 18.1 Å². The Balaban J connectivity index is 1.83. The highest BCUT2D eigenvalue weighted by Gasteiger charge is 2.68. The molecule has 180 valence electrons. The smallest absolute Gasteiger partial charge is 0.327 e. The minimum absolute atomic E-state index is 0.123. The van der Waals surface area contributed by atoms with Crippen LogP contribution in [0, 0.1) is 17.7 Å². The van der Waals surface area contributed by atoms with Gasteiger partial charge in [0.1, 0.15) is 17.1 Å². The number of hydrogen-bond acceptors (Lipinski definition) is 6. The summed E-state index contributed by atoms with van der Waals surface area (Å²) in [6.45, 7) is 6.05. The van der Waals surface area contributed by atoms with E-state index in [1.165, 1.54) is 6.07 Å². The molecule has 0 spiro atoms. The fourth-order valence-electron chi connectivity index (χ4n) is 5.28. The summed E-state index contributed by atoms with van der Waals surface area (Å²) < 4.78 is 25.7. The third kappa shape index (κ3) is 3.76. The lowest BCUT2D eigenvalue weighted by molar-refractivity contribution is -0.155. The fourth-order valence-corrected chi connectivity index (χ4v) is 5.28. The van der Waals surface area contributed by atoms with Crippen molar-refractivity contribution in [2.24, 2.45) is 11.8 Å². The molecule has 34 heavy (non-hydrogen) atoms. The van der Waals surface area contributed by atoms with Crippen molar-refractivity contribution in [1.82, 2.24) is 5.32 Å². The van der Waals surface area contributed by atoms with Gasteiger partial charge in [0.25, 0.3) is 0 Å². The molecule has 0 aliphatic carbocycles. The normalized spacial score (nSPS) is 26.0. The maximum atomic E-state index is 14.9. The van der Waals surface area contributed by atoms with Gasteiger partial charge < -0.3 is 9.47 Å². The Bertz CT molecular complexity index is 1090. The molecule has 2 heterocycles. The van der Waals surface area contributed by atoms with E-state index in [9.17, 15) is 18.8 Å². The Kier molecular flexibility index (Phi) is 6.70. The van der Waals surface area contributed by atoms with E-state index < -0.39 is 47.0 Å². The Morgan fingerprint density at radius 3 is 2.35 bits per heavy atom. The summed E-state index contributed by atoms with van der Waals surface area (Å²) in [5.74, 6) is -3.42. The molecule has 4 atom stereocenters. The minimum Gasteiger partial charge on any atom is -0.494 e. The van der Waals surface area contributed by atoms with Crippen LogP contribution >= 0.6 is 0 Å². The number of hydrogen-bond donors (Lipinski definition) is 1. The van der Waals surface area contributed by atoms with E-state index in [0.29, 0.717) is 24.5 Å². The fraction of sp³-hybridized carbons (Fsp3) is 0.423. The van der Waals surface area contributed by atoms with Gasteiger partial charge in [0.05, 0.1) is 30.7 Å². The average molecular weight is 469 g/mol. The zero-order valence-electron chi connectivity index (χ0n) is 19.5. The van der Waals surface area contributed by atoms with Crippen LogP contribution in [0.4, 0.5) is 10.1 Å². The van der Waals surface area contributed by atoms with Gasteiger partial charge in [-0.3, -0.25) is 19.7 Å². The molecule has 2 amide bonds. The molecule has 0 radical (unpaired) electrons. The van der Waals surface area contributed by atoms with Crippen LogP contribution in [0.3, 0.4) is 0 Å². The molecular weight excluding hydrogens is 439 g/mol. The highest BCUT2D eigenvalue weighted by molar-refractivity contribution is 6.24. The lowest BCUT2D eigenvalue weighted by Crippen LogP contribution is -2.56. The second-order valence-corrected chi connectivity index (χ2v) is 8.53. The lowest BCUT2D eigenvalue weighted by atomic mass is 9.77. The number of esters is 1. The summed E-state index contributed by atoms with van der Waals surface area (Å²) in [6.07, 6.45) is 0.831. The van der Waals surface area contributed by atoms with E-state index in [1.807, 2.05) is 13.8 Å². The van der Waals surface area contributed by atoms with Gasteiger partial charge in [0.2, 0.25) is 11.8 Å². The Morgan fingerprint density at radius 1 is 1.03 bits per heavy atom. The van der Waals surface area contributed by atoms with Crippen LogP contribution < -0.4 is 15.0 Å². The molecule has 4 rings (SSSR count). The molecule has 2 aromatic carbocycles. The van der Waals surface area contributed by atoms with Crippen LogP contribution in [0.25, 0.3) is 0 Å². The quantitative estimate of drug-likeness (QED) is 0.469. The summed E-state index contributed by atoms with van der Waals surface area (Å²) in [4.78, 5) is 41.9. The maximum Gasteiger partial charge on any atom is 0.327 e. The third-order valence-electron chi connectivity index (χ3n) is 6.58. The lowest BCUT2D eigenvalue weighted by Gasteiger charge is -2.32. The third-order valence-corrected chi connectivity index (χ3v) is 6.58. The number of benzene rings is 2. The molecule has 2 aromatic rings. The van der Waals surface area contributed by atoms with Crippen LogP contribution in [-0.2, 0) is 19.1 Å². The first-order valence-electron chi connectivity index (χ1n) is 11.7. The summed E-state index contributed by atoms with van der Waals surface area (Å²) in [5.41, 5.74) is -0.807. The van der Waals surface area contributed by atoms with Gasteiger partial charge in [0, 0.05) is 11.6 Å². The van der Waals surface area contributed by atoms with Crippen LogP contribution in [0.2, 0.25) is 0 Å². The van der Waals surface area contributed by atoms with E-state index in [0.717, 1.165) is 4.90 Å². The van der Waals surface area contributed by atoms with Crippen molar-refractivity contribution >= 4 is 23.5 Å². The first-order chi connectivity index (χ1) is 16.4. The van der Waals surface area contributed by atoms with Crippen molar-refractivity contribution in [3.63, 3.8) is 0 Å². The Labute approximate surface area is 198 Å². The van der Waals surface area contributed by atoms with Gasteiger partial charge in [0.15, 0.2) is 0 Å². The number of fused-ring (bicyclic) bond motifs is 1. The topological polar surface area (TPSA) is 84.9 Å². The second-order valence-electron chi connectivity index (χ2n) is 8.53. The number of halogens is 1. The SMILES string of the molecule is CCC[C@]1(C(=O)OCC)N[C@H](c2ccccc2F)[C@@H]2C(=O)N(c3ccc(OCC)cc3)C(=O)[C@H]21. The molecule has 0 aromatic heterocycles. The van der Waals surface area contributed by atoms with Crippen molar-refractivity contribution in [3.05, 3.63) is 59.9 Å². The van der Waals surface area contributed by atoms with E-state index in [1.54, 1.807) is 49.4 Å².